The molecule has 0 aromatic carbocycles. The zero-order valence-electron chi connectivity index (χ0n) is 9.85. The average Bonchev–Trinajstić information content (AvgIpc) is 2.37. The Balaban J connectivity index is 3.00. The minimum absolute atomic E-state index is 0.00993. The van der Waals surface area contributed by atoms with E-state index in [-0.39, 0.29) is 10.6 Å². The van der Waals surface area contributed by atoms with Crippen molar-refractivity contribution < 1.29 is 28.2 Å². The molecule has 0 amide bonds. The highest BCUT2D eigenvalue weighted by molar-refractivity contribution is 7.89. The molecule has 106 valence electrons. The van der Waals surface area contributed by atoms with Gasteiger partial charge in [0.2, 0.25) is 10.0 Å². The molecule has 0 saturated carbocycles. The summed E-state index contributed by atoms with van der Waals surface area (Å²) in [4.78, 5) is 24.4. The summed E-state index contributed by atoms with van der Waals surface area (Å²) < 4.78 is 25.4. The Morgan fingerprint density at radius 3 is 2.45 bits per heavy atom. The highest BCUT2D eigenvalue weighted by Gasteiger charge is 2.27. The van der Waals surface area contributed by atoms with Gasteiger partial charge in [-0.3, -0.25) is 9.59 Å². The number of hydrogen-bond acceptors (Lipinski definition) is 6. The zero-order valence-corrected chi connectivity index (χ0v) is 10.7. The van der Waals surface area contributed by atoms with Gasteiger partial charge in [0.1, 0.15) is 22.7 Å². The molecule has 1 rings (SSSR count). The Hall–Kier alpha value is -2.51. The number of pyridine rings is 1. The number of rotatable bonds is 6. The largest absolute Gasteiger partial charge is 0.481 e. The van der Waals surface area contributed by atoms with Gasteiger partial charge in [0.25, 0.3) is 0 Å². The van der Waals surface area contributed by atoms with E-state index in [4.69, 9.17) is 15.5 Å². The molecule has 1 heterocycles. The first kappa shape index (κ1) is 15.5. The van der Waals surface area contributed by atoms with Crippen LogP contribution in [0.5, 0.6) is 0 Å². The summed E-state index contributed by atoms with van der Waals surface area (Å²) in [6.45, 7) is 0. The number of carbonyl (C=O) groups is 2. The van der Waals surface area contributed by atoms with Crippen LogP contribution in [0.3, 0.4) is 0 Å². The van der Waals surface area contributed by atoms with E-state index in [0.717, 1.165) is 18.3 Å². The van der Waals surface area contributed by atoms with Gasteiger partial charge < -0.3 is 10.2 Å². The quantitative estimate of drug-likeness (QED) is 0.613. The van der Waals surface area contributed by atoms with Crippen LogP contribution in [-0.2, 0) is 19.6 Å². The highest BCUT2D eigenvalue weighted by atomic mass is 32.2. The van der Waals surface area contributed by atoms with Gasteiger partial charge in [0.05, 0.1) is 6.42 Å². The van der Waals surface area contributed by atoms with Crippen LogP contribution in [0.4, 0.5) is 0 Å². The molecule has 3 N–H and O–H groups in total. The van der Waals surface area contributed by atoms with E-state index in [2.05, 4.69) is 4.98 Å². The molecule has 9 nitrogen and oxygen atoms in total. The van der Waals surface area contributed by atoms with E-state index in [0.29, 0.717) is 0 Å². The van der Waals surface area contributed by atoms with E-state index in [1.54, 1.807) is 10.8 Å². The number of carboxylic acid groups (broad SMARTS) is 2. The summed E-state index contributed by atoms with van der Waals surface area (Å²) in [7, 11) is -4.24. The van der Waals surface area contributed by atoms with Crippen molar-refractivity contribution in [1.82, 2.24) is 9.71 Å². The van der Waals surface area contributed by atoms with Crippen molar-refractivity contribution >= 4 is 22.0 Å². The minimum Gasteiger partial charge on any atom is -0.481 e. The van der Waals surface area contributed by atoms with E-state index in [1.165, 1.54) is 0 Å². The Morgan fingerprint density at radius 1 is 1.40 bits per heavy atom. The van der Waals surface area contributed by atoms with Crippen LogP contribution in [0.15, 0.2) is 23.2 Å². The SMILES string of the molecule is N#Cc1ccc(S(=O)(=O)N[C@@H](CC(=O)O)C(=O)O)cn1. The van der Waals surface area contributed by atoms with Crippen LogP contribution in [-0.4, -0.2) is 41.6 Å². The minimum atomic E-state index is -4.24. The number of aliphatic carboxylic acids is 2. The third kappa shape index (κ3) is 4.01. The normalized spacial score (nSPS) is 12.3. The molecular formula is C10H9N3O6S. The van der Waals surface area contributed by atoms with Gasteiger partial charge in [-0.1, -0.05) is 0 Å². The van der Waals surface area contributed by atoms with E-state index >= 15 is 0 Å². The van der Waals surface area contributed by atoms with Crippen LogP contribution in [0.2, 0.25) is 0 Å². The number of hydrogen-bond donors (Lipinski definition) is 3. The van der Waals surface area contributed by atoms with Gasteiger partial charge >= 0.3 is 11.9 Å². The third-order valence-electron chi connectivity index (χ3n) is 2.14. The number of aromatic nitrogens is 1. The summed E-state index contributed by atoms with van der Waals surface area (Å²) in [6.07, 6.45) is -0.0289. The maximum atomic E-state index is 11.8. The fraction of sp³-hybridized carbons (Fsp3) is 0.200. The second-order valence-electron chi connectivity index (χ2n) is 3.60. The Labute approximate surface area is 113 Å². The monoisotopic (exact) mass is 299 g/mol. The predicted octanol–water partition coefficient (Wildman–Crippen LogP) is -0.841. The van der Waals surface area contributed by atoms with Gasteiger partial charge in [-0.25, -0.2) is 13.4 Å². The van der Waals surface area contributed by atoms with Crippen molar-refractivity contribution in [3.05, 3.63) is 24.0 Å². The lowest BCUT2D eigenvalue weighted by Gasteiger charge is -2.12. The van der Waals surface area contributed by atoms with E-state index in [1.807, 2.05) is 0 Å². The van der Waals surface area contributed by atoms with E-state index < -0.39 is 34.4 Å². The lowest BCUT2D eigenvalue weighted by molar-refractivity contribution is -0.145. The topological polar surface area (TPSA) is 157 Å². The van der Waals surface area contributed by atoms with Crippen molar-refractivity contribution in [3.63, 3.8) is 0 Å². The lowest BCUT2D eigenvalue weighted by atomic mass is 10.2. The van der Waals surface area contributed by atoms with Crippen LogP contribution < -0.4 is 4.72 Å². The van der Waals surface area contributed by atoms with Gasteiger partial charge in [-0.05, 0) is 12.1 Å². The van der Waals surface area contributed by atoms with Gasteiger partial charge in [0, 0.05) is 6.20 Å². The fourth-order valence-electron chi connectivity index (χ4n) is 1.21. The second-order valence-corrected chi connectivity index (χ2v) is 5.31. The summed E-state index contributed by atoms with van der Waals surface area (Å²) in [6, 6.07) is 2.10. The molecular weight excluding hydrogens is 290 g/mol. The highest BCUT2D eigenvalue weighted by Crippen LogP contribution is 2.09. The maximum Gasteiger partial charge on any atom is 0.322 e. The van der Waals surface area contributed by atoms with Crippen LogP contribution in [0.1, 0.15) is 12.1 Å². The number of nitrogens with one attached hydrogen (secondary N) is 1. The van der Waals surface area contributed by atoms with Gasteiger partial charge in [-0.2, -0.15) is 9.98 Å². The number of sulfonamides is 1. The van der Waals surface area contributed by atoms with Gasteiger partial charge in [0.15, 0.2) is 0 Å². The van der Waals surface area contributed by atoms with E-state index in [9.17, 15) is 18.0 Å². The predicted molar refractivity (Wildman–Crippen MR) is 63.0 cm³/mol. The zero-order chi connectivity index (χ0) is 15.3. The number of carboxylic acids is 2. The molecule has 0 saturated heterocycles. The van der Waals surface area contributed by atoms with Crippen LogP contribution in [0.25, 0.3) is 0 Å². The van der Waals surface area contributed by atoms with Crippen LogP contribution in [0, 0.1) is 11.3 Å². The number of nitrogens with zero attached hydrogens (tertiary/aromatic N) is 2. The molecule has 0 unspecified atom stereocenters. The third-order valence-corrected chi connectivity index (χ3v) is 3.59. The van der Waals surface area contributed by atoms with Crippen LogP contribution >= 0.6 is 0 Å². The fourth-order valence-corrected chi connectivity index (χ4v) is 2.35. The average molecular weight is 299 g/mol. The van der Waals surface area contributed by atoms with Crippen molar-refractivity contribution in [2.24, 2.45) is 0 Å². The molecule has 0 aliphatic carbocycles. The summed E-state index contributed by atoms with van der Waals surface area (Å²) >= 11 is 0. The van der Waals surface area contributed by atoms with Gasteiger partial charge in [-0.15, -0.1) is 0 Å². The smallest absolute Gasteiger partial charge is 0.322 e. The first-order valence-corrected chi connectivity index (χ1v) is 6.57. The van der Waals surface area contributed by atoms with Crippen molar-refractivity contribution in [1.29, 1.82) is 5.26 Å². The summed E-state index contributed by atoms with van der Waals surface area (Å²) in [5, 5.41) is 25.8. The maximum absolute atomic E-state index is 11.8. The summed E-state index contributed by atoms with van der Waals surface area (Å²) in [5.41, 5.74) is -0.00993. The molecule has 0 spiro atoms. The van der Waals surface area contributed by atoms with Crippen molar-refractivity contribution in [2.45, 2.75) is 17.4 Å². The first-order chi connectivity index (χ1) is 9.26. The molecule has 0 bridgehead atoms. The van der Waals surface area contributed by atoms with Crippen molar-refractivity contribution in [3.8, 4) is 6.07 Å². The Kier molecular flexibility index (Phi) is 4.73. The number of nitriles is 1. The standard InChI is InChI=1S/C10H9N3O6S/c11-4-6-1-2-7(5-12-6)20(18,19)13-8(10(16)17)3-9(14)15/h1-2,5,8,13H,3H2,(H,14,15)(H,16,17)/t8-/m0/s1. The molecule has 1 atom stereocenters. The molecule has 0 aliphatic heterocycles. The first-order valence-electron chi connectivity index (χ1n) is 5.09. The Morgan fingerprint density at radius 2 is 2.05 bits per heavy atom. The molecule has 0 radical (unpaired) electrons. The second kappa shape index (κ2) is 6.09. The molecule has 0 fully saturated rings. The molecule has 10 heteroatoms. The Bertz CT molecular complexity index is 661. The van der Waals surface area contributed by atoms with Crippen molar-refractivity contribution in [2.75, 3.05) is 0 Å². The molecule has 20 heavy (non-hydrogen) atoms. The molecule has 1 aromatic rings. The lowest BCUT2D eigenvalue weighted by Crippen LogP contribution is -2.42. The molecule has 1 aromatic heterocycles. The molecule has 0 aliphatic rings. The summed E-state index contributed by atoms with van der Waals surface area (Å²) in [5.74, 6) is -3.07.